The Balaban J connectivity index is 2.58. The highest BCUT2D eigenvalue weighted by molar-refractivity contribution is 5.86. The molecule has 0 saturated heterocycles. The van der Waals surface area contributed by atoms with Crippen LogP contribution in [0.4, 0.5) is 0 Å². The Kier molecular flexibility index (Phi) is 2.56. The van der Waals surface area contributed by atoms with Crippen molar-refractivity contribution in [3.63, 3.8) is 0 Å². The summed E-state index contributed by atoms with van der Waals surface area (Å²) in [6, 6.07) is 4.52. The molecule has 1 nitrogen and oxygen atoms in total. The van der Waals surface area contributed by atoms with E-state index in [1.165, 1.54) is 27.6 Å². The third-order valence-corrected chi connectivity index (χ3v) is 2.84. The Labute approximate surface area is 91.5 Å². The van der Waals surface area contributed by atoms with Crippen molar-refractivity contribution in [2.24, 2.45) is 5.92 Å². The van der Waals surface area contributed by atoms with Crippen molar-refractivity contribution in [2.45, 2.75) is 34.1 Å². The molecule has 15 heavy (non-hydrogen) atoms. The van der Waals surface area contributed by atoms with Crippen LogP contribution < -0.4 is 0 Å². The minimum atomic E-state index is 0.713. The first kappa shape index (κ1) is 10.3. The van der Waals surface area contributed by atoms with Crippen molar-refractivity contribution in [3.8, 4) is 0 Å². The molecule has 1 N–H and O–H groups in total. The summed E-state index contributed by atoms with van der Waals surface area (Å²) >= 11 is 0. The molecule has 1 aromatic carbocycles. The summed E-state index contributed by atoms with van der Waals surface area (Å²) in [6.07, 6.45) is 3.32. The number of aromatic amines is 1. The van der Waals surface area contributed by atoms with Crippen LogP contribution in [0.1, 0.15) is 30.5 Å². The minimum Gasteiger partial charge on any atom is -0.361 e. The van der Waals surface area contributed by atoms with Gasteiger partial charge in [-0.05, 0) is 43.4 Å². The van der Waals surface area contributed by atoms with Gasteiger partial charge >= 0.3 is 0 Å². The van der Waals surface area contributed by atoms with Crippen LogP contribution in [0.15, 0.2) is 18.3 Å². The van der Waals surface area contributed by atoms with Crippen molar-refractivity contribution < 1.29 is 0 Å². The smallest absolute Gasteiger partial charge is 0.0486 e. The molecule has 2 rings (SSSR count). The van der Waals surface area contributed by atoms with Gasteiger partial charge in [0.15, 0.2) is 0 Å². The Hall–Kier alpha value is -1.24. The molecule has 0 aliphatic heterocycles. The maximum atomic E-state index is 3.39. The van der Waals surface area contributed by atoms with Gasteiger partial charge in [-0.1, -0.05) is 25.5 Å². The molecule has 1 heteroatoms. The van der Waals surface area contributed by atoms with Gasteiger partial charge in [0.2, 0.25) is 0 Å². The fourth-order valence-corrected chi connectivity index (χ4v) is 2.26. The van der Waals surface area contributed by atoms with Crippen molar-refractivity contribution in [1.82, 2.24) is 4.98 Å². The van der Waals surface area contributed by atoms with E-state index in [2.05, 4.69) is 51.0 Å². The lowest BCUT2D eigenvalue weighted by Gasteiger charge is -2.04. The first-order chi connectivity index (χ1) is 7.08. The van der Waals surface area contributed by atoms with Crippen molar-refractivity contribution in [3.05, 3.63) is 35.0 Å². The molecular formula is C14H19N. The summed E-state index contributed by atoms with van der Waals surface area (Å²) in [4.78, 5) is 3.39. The molecule has 0 unspecified atom stereocenters. The molecule has 0 aliphatic carbocycles. The summed E-state index contributed by atoms with van der Waals surface area (Å²) in [5, 5.41) is 1.40. The summed E-state index contributed by atoms with van der Waals surface area (Å²) in [6.45, 7) is 8.87. The van der Waals surface area contributed by atoms with Crippen LogP contribution in [-0.2, 0) is 6.42 Å². The fraction of sp³-hybridized carbons (Fsp3) is 0.429. The second kappa shape index (κ2) is 3.73. The highest BCUT2D eigenvalue weighted by atomic mass is 14.7. The van der Waals surface area contributed by atoms with E-state index < -0.39 is 0 Å². The SMILES string of the molecule is Cc1cc(C)c2[nH]cc(CC(C)C)c2c1. The molecule has 0 amide bonds. The Morgan fingerprint density at radius 3 is 2.60 bits per heavy atom. The molecule has 1 aromatic heterocycles. The molecule has 0 radical (unpaired) electrons. The van der Waals surface area contributed by atoms with Crippen molar-refractivity contribution >= 4 is 10.9 Å². The molecule has 0 atom stereocenters. The quantitative estimate of drug-likeness (QED) is 0.756. The highest BCUT2D eigenvalue weighted by Crippen LogP contribution is 2.24. The number of aromatic nitrogens is 1. The van der Waals surface area contributed by atoms with E-state index >= 15 is 0 Å². The number of hydrogen-bond acceptors (Lipinski definition) is 0. The second-order valence-corrected chi connectivity index (χ2v) is 4.92. The summed E-state index contributed by atoms with van der Waals surface area (Å²) in [5.41, 5.74) is 5.45. The van der Waals surface area contributed by atoms with Crippen LogP contribution in [0.2, 0.25) is 0 Å². The summed E-state index contributed by atoms with van der Waals surface area (Å²) < 4.78 is 0. The van der Waals surface area contributed by atoms with Gasteiger partial charge in [0, 0.05) is 17.1 Å². The fourth-order valence-electron chi connectivity index (χ4n) is 2.26. The van der Waals surface area contributed by atoms with Gasteiger partial charge < -0.3 is 4.98 Å². The number of aryl methyl sites for hydroxylation is 2. The van der Waals surface area contributed by atoms with Gasteiger partial charge in [-0.3, -0.25) is 0 Å². The lowest BCUT2D eigenvalue weighted by atomic mass is 10.00. The lowest BCUT2D eigenvalue weighted by molar-refractivity contribution is 0.650. The van der Waals surface area contributed by atoms with Crippen LogP contribution in [-0.4, -0.2) is 4.98 Å². The van der Waals surface area contributed by atoms with Gasteiger partial charge in [0.25, 0.3) is 0 Å². The van der Waals surface area contributed by atoms with E-state index in [0.29, 0.717) is 5.92 Å². The Bertz CT molecular complexity index is 477. The molecule has 0 fully saturated rings. The average Bonchev–Trinajstić information content (AvgIpc) is 2.48. The number of hydrogen-bond donors (Lipinski definition) is 1. The summed E-state index contributed by atoms with van der Waals surface area (Å²) in [7, 11) is 0. The van der Waals surface area contributed by atoms with Crippen LogP contribution in [0.5, 0.6) is 0 Å². The van der Waals surface area contributed by atoms with Gasteiger partial charge in [0.05, 0.1) is 0 Å². The second-order valence-electron chi connectivity index (χ2n) is 4.92. The zero-order valence-electron chi connectivity index (χ0n) is 10.0. The van der Waals surface area contributed by atoms with Gasteiger partial charge in [-0.2, -0.15) is 0 Å². The third kappa shape index (κ3) is 1.92. The topological polar surface area (TPSA) is 15.8 Å². The molecule has 0 spiro atoms. The third-order valence-electron chi connectivity index (χ3n) is 2.84. The Morgan fingerprint density at radius 2 is 1.93 bits per heavy atom. The van der Waals surface area contributed by atoms with Crippen molar-refractivity contribution in [1.29, 1.82) is 0 Å². The molecule has 2 aromatic rings. The van der Waals surface area contributed by atoms with E-state index in [4.69, 9.17) is 0 Å². The van der Waals surface area contributed by atoms with Crippen LogP contribution in [0.3, 0.4) is 0 Å². The first-order valence-electron chi connectivity index (χ1n) is 5.65. The minimum absolute atomic E-state index is 0.713. The number of benzene rings is 1. The standard InChI is InChI=1S/C14H19N/c1-9(2)5-12-8-15-14-11(4)6-10(3)7-13(12)14/h6-9,15H,5H2,1-4H3. The number of rotatable bonds is 2. The largest absolute Gasteiger partial charge is 0.361 e. The van der Waals surface area contributed by atoms with Gasteiger partial charge in [-0.15, -0.1) is 0 Å². The Morgan fingerprint density at radius 1 is 1.20 bits per heavy atom. The maximum absolute atomic E-state index is 3.39. The van der Waals surface area contributed by atoms with E-state index in [9.17, 15) is 0 Å². The number of H-pyrrole nitrogens is 1. The molecule has 0 aliphatic rings. The number of nitrogens with one attached hydrogen (secondary N) is 1. The molecule has 0 bridgehead atoms. The molecular weight excluding hydrogens is 182 g/mol. The highest BCUT2D eigenvalue weighted by Gasteiger charge is 2.07. The van der Waals surface area contributed by atoms with Crippen LogP contribution in [0, 0.1) is 19.8 Å². The van der Waals surface area contributed by atoms with E-state index in [0.717, 1.165) is 6.42 Å². The maximum Gasteiger partial charge on any atom is 0.0486 e. The van der Waals surface area contributed by atoms with Crippen LogP contribution in [0.25, 0.3) is 10.9 Å². The van der Waals surface area contributed by atoms with Crippen molar-refractivity contribution in [2.75, 3.05) is 0 Å². The first-order valence-corrected chi connectivity index (χ1v) is 5.65. The summed E-state index contributed by atoms with van der Waals surface area (Å²) in [5.74, 6) is 0.713. The van der Waals surface area contributed by atoms with Gasteiger partial charge in [-0.25, -0.2) is 0 Å². The van der Waals surface area contributed by atoms with Gasteiger partial charge in [0.1, 0.15) is 0 Å². The van der Waals surface area contributed by atoms with E-state index in [-0.39, 0.29) is 0 Å². The molecule has 1 heterocycles. The number of fused-ring (bicyclic) bond motifs is 1. The predicted octanol–water partition coefficient (Wildman–Crippen LogP) is 3.98. The zero-order valence-corrected chi connectivity index (χ0v) is 10.0. The monoisotopic (exact) mass is 201 g/mol. The lowest BCUT2D eigenvalue weighted by Crippen LogP contribution is -1.92. The van der Waals surface area contributed by atoms with Crippen LogP contribution >= 0.6 is 0 Å². The molecule has 80 valence electrons. The average molecular weight is 201 g/mol. The predicted molar refractivity (Wildman–Crippen MR) is 66.3 cm³/mol. The zero-order chi connectivity index (χ0) is 11.0. The normalized spacial score (nSPS) is 11.5. The van der Waals surface area contributed by atoms with E-state index in [1.807, 2.05) is 0 Å². The van der Waals surface area contributed by atoms with E-state index in [1.54, 1.807) is 0 Å². The molecule has 0 saturated carbocycles.